The van der Waals surface area contributed by atoms with Crippen molar-refractivity contribution in [2.45, 2.75) is 32.6 Å². The molecule has 8 nitrogen and oxygen atoms in total. The van der Waals surface area contributed by atoms with Crippen LogP contribution in [-0.2, 0) is 0 Å². The Labute approximate surface area is 387 Å². The highest BCUT2D eigenvalue weighted by atomic mass is 14.8. The summed E-state index contributed by atoms with van der Waals surface area (Å²) in [5, 5.41) is 0. The number of nitrogens with one attached hydrogen (secondary N) is 4. The van der Waals surface area contributed by atoms with Gasteiger partial charge in [-0.25, -0.2) is 19.9 Å². The maximum atomic E-state index is 5.37. The number of benzene rings is 2. The second-order valence-corrected chi connectivity index (χ2v) is 17.1. The van der Waals surface area contributed by atoms with Crippen molar-refractivity contribution >= 4 is 92.7 Å². The molecule has 4 N–H and O–H groups in total. The van der Waals surface area contributed by atoms with Crippen LogP contribution in [0.4, 0.5) is 0 Å². The fourth-order valence-corrected chi connectivity index (χ4v) is 9.57. The Hall–Kier alpha value is -8.80. The Morgan fingerprint density at radius 2 is 0.761 bits per heavy atom. The highest BCUT2D eigenvalue weighted by molar-refractivity contribution is 5.94. The normalized spacial score (nSPS) is 12.5. The molecule has 0 saturated heterocycles. The highest BCUT2D eigenvalue weighted by Crippen LogP contribution is 2.35. The molecule has 0 unspecified atom stereocenters. The molecule has 4 aliphatic heterocycles. The van der Waals surface area contributed by atoms with E-state index < -0.39 is 0 Å². The van der Waals surface area contributed by atoms with E-state index in [0.717, 1.165) is 113 Å². The summed E-state index contributed by atoms with van der Waals surface area (Å²) in [4.78, 5) is 35.9. The van der Waals surface area contributed by atoms with Crippen LogP contribution in [0.15, 0.2) is 127 Å². The van der Waals surface area contributed by atoms with E-state index in [4.69, 9.17) is 19.9 Å². The molecular formula is C59H44N8. The van der Waals surface area contributed by atoms with E-state index >= 15 is 0 Å². The Morgan fingerprint density at radius 1 is 0.388 bits per heavy atom. The maximum Gasteiger partial charge on any atom is 0.0816 e. The molecule has 6 aromatic heterocycles. The predicted molar refractivity (Wildman–Crippen MR) is 278 cm³/mol. The number of aromatic amines is 4. The van der Waals surface area contributed by atoms with Crippen LogP contribution < -0.4 is 0 Å². The molecule has 8 aromatic rings. The van der Waals surface area contributed by atoms with E-state index in [1.165, 1.54) is 5.56 Å². The van der Waals surface area contributed by atoms with Gasteiger partial charge in [0.1, 0.15) is 0 Å². The van der Waals surface area contributed by atoms with Gasteiger partial charge in [-0.05, 0) is 145 Å². The van der Waals surface area contributed by atoms with Crippen molar-refractivity contribution in [3.63, 3.8) is 0 Å². The summed E-state index contributed by atoms with van der Waals surface area (Å²) < 4.78 is 0. The molecule has 12 rings (SSSR count). The Kier molecular flexibility index (Phi) is 9.88. The number of H-pyrrole nitrogens is 4. The van der Waals surface area contributed by atoms with Gasteiger partial charge in [0.15, 0.2) is 0 Å². The lowest BCUT2D eigenvalue weighted by Crippen LogP contribution is -1.96. The molecule has 10 heterocycles. The first-order chi connectivity index (χ1) is 33.0. The standard InChI is InChI=1S/C59H44N8/c1-3-36(4-2)57-51-25-17-41(62-51)33-39-15-23-47(60-39)45(48-24-16-40(61-48)34-42-18-26-52(57)63-42)21-22-46-49-29-31-55(66-49)58(37-11-7-5-8-12-37)53-27-19-43(64-53)35-44-20-28-54(65-44)59(38-13-9-6-10-14-38)56-32-30-50(46)67-56/h5-20,23-36,62-65H,3-4H2,1-2H3. The van der Waals surface area contributed by atoms with Gasteiger partial charge < -0.3 is 19.9 Å². The summed E-state index contributed by atoms with van der Waals surface area (Å²) in [6.07, 6.45) is 18.5. The Bertz CT molecular complexity index is 3610. The van der Waals surface area contributed by atoms with Crippen molar-refractivity contribution in [1.29, 1.82) is 0 Å². The third-order valence-electron chi connectivity index (χ3n) is 12.8. The summed E-state index contributed by atoms with van der Waals surface area (Å²) >= 11 is 0. The maximum absolute atomic E-state index is 5.37. The highest BCUT2D eigenvalue weighted by Gasteiger charge is 2.19. The minimum Gasteiger partial charge on any atom is -0.355 e. The van der Waals surface area contributed by atoms with E-state index in [-0.39, 0.29) is 0 Å². The summed E-state index contributed by atoms with van der Waals surface area (Å²) in [5.74, 6) is 7.62. The molecule has 0 amide bonds. The smallest absolute Gasteiger partial charge is 0.0816 e. The van der Waals surface area contributed by atoms with E-state index in [1.807, 2.05) is 36.4 Å². The van der Waals surface area contributed by atoms with Crippen LogP contribution in [-0.4, -0.2) is 39.9 Å². The van der Waals surface area contributed by atoms with Crippen LogP contribution >= 0.6 is 0 Å². The van der Waals surface area contributed by atoms with Gasteiger partial charge in [-0.3, -0.25) is 0 Å². The molecule has 16 bridgehead atoms. The van der Waals surface area contributed by atoms with Crippen LogP contribution in [0, 0.1) is 11.8 Å². The molecule has 320 valence electrons. The number of aromatic nitrogens is 8. The van der Waals surface area contributed by atoms with Gasteiger partial charge in [-0.1, -0.05) is 86.4 Å². The van der Waals surface area contributed by atoms with Crippen LogP contribution in [0.1, 0.15) is 94.8 Å². The number of rotatable bonds is 5. The van der Waals surface area contributed by atoms with Gasteiger partial charge in [0.25, 0.3) is 0 Å². The first kappa shape index (κ1) is 39.8. The van der Waals surface area contributed by atoms with Crippen LogP contribution in [0.3, 0.4) is 0 Å². The fourth-order valence-electron chi connectivity index (χ4n) is 9.57. The monoisotopic (exact) mass is 864 g/mol. The van der Waals surface area contributed by atoms with Gasteiger partial charge in [0, 0.05) is 60.8 Å². The average molecular weight is 865 g/mol. The van der Waals surface area contributed by atoms with Crippen molar-refractivity contribution in [2.24, 2.45) is 0 Å². The second kappa shape index (κ2) is 16.6. The Balaban J connectivity index is 1.13. The Morgan fingerprint density at radius 3 is 1.21 bits per heavy atom. The lowest BCUT2D eigenvalue weighted by Gasteiger charge is -2.13. The topological polar surface area (TPSA) is 115 Å². The second-order valence-electron chi connectivity index (χ2n) is 17.1. The van der Waals surface area contributed by atoms with Crippen molar-refractivity contribution in [2.75, 3.05) is 0 Å². The third kappa shape index (κ3) is 7.52. The number of fused-ring (bicyclic) bond motifs is 16. The van der Waals surface area contributed by atoms with Crippen molar-refractivity contribution in [1.82, 2.24) is 39.9 Å². The zero-order valence-corrected chi connectivity index (χ0v) is 37.0. The summed E-state index contributed by atoms with van der Waals surface area (Å²) in [6, 6.07) is 44.2. The van der Waals surface area contributed by atoms with E-state index in [2.05, 4.69) is 185 Å². The molecule has 0 fully saturated rings. The van der Waals surface area contributed by atoms with Crippen LogP contribution in [0.2, 0.25) is 0 Å². The quantitative estimate of drug-likeness (QED) is 0.129. The lowest BCUT2D eigenvalue weighted by atomic mass is 9.93. The molecule has 8 heteroatoms. The minimum atomic E-state index is 0.392. The molecule has 0 aliphatic carbocycles. The minimum absolute atomic E-state index is 0.392. The summed E-state index contributed by atoms with van der Waals surface area (Å²) in [6.45, 7) is 4.52. The van der Waals surface area contributed by atoms with Crippen molar-refractivity contribution in [3.8, 4) is 34.1 Å². The molecule has 4 aliphatic rings. The number of hydrogen-bond acceptors (Lipinski definition) is 4. The first-order valence-corrected chi connectivity index (χ1v) is 22.9. The van der Waals surface area contributed by atoms with E-state index in [9.17, 15) is 0 Å². The van der Waals surface area contributed by atoms with Gasteiger partial charge in [-0.2, -0.15) is 0 Å². The van der Waals surface area contributed by atoms with Crippen LogP contribution in [0.25, 0.3) is 115 Å². The molecule has 0 saturated carbocycles. The van der Waals surface area contributed by atoms with Crippen molar-refractivity contribution in [3.05, 3.63) is 190 Å². The lowest BCUT2D eigenvalue weighted by molar-refractivity contribution is 0.649. The largest absolute Gasteiger partial charge is 0.355 e. The molecular weight excluding hydrogens is 821 g/mol. The number of nitrogens with zero attached hydrogens (tertiary/aromatic N) is 4. The zero-order valence-electron chi connectivity index (χ0n) is 37.0. The zero-order chi connectivity index (χ0) is 44.8. The SMILES string of the molecule is CCC(CC)c1c2ccc(cc3nc(c(C#Cc4c5nc(c(-c6ccccc6)c6ccc(cc7ccc([nH]7)c(-c7ccccc7)c7nc4C=C7)[nH]6)C=C5)c4nc(cc5ccc1[nH]5)C=C4)C=C3)[nH]2. The molecule has 0 spiro atoms. The fraction of sp³-hybridized carbons (Fsp3) is 0.0847. The van der Waals surface area contributed by atoms with Crippen molar-refractivity contribution < 1.29 is 0 Å². The first-order valence-electron chi connectivity index (χ1n) is 22.9. The van der Waals surface area contributed by atoms with E-state index in [0.29, 0.717) is 28.4 Å². The van der Waals surface area contributed by atoms with Gasteiger partial charge in [-0.15, -0.1) is 0 Å². The van der Waals surface area contributed by atoms with Gasteiger partial charge >= 0.3 is 0 Å². The third-order valence-corrected chi connectivity index (χ3v) is 12.8. The molecule has 0 atom stereocenters. The van der Waals surface area contributed by atoms with Crippen LogP contribution in [0.5, 0.6) is 0 Å². The summed E-state index contributed by atoms with van der Waals surface area (Å²) in [5.41, 5.74) is 21.0. The van der Waals surface area contributed by atoms with Gasteiger partial charge in [0.05, 0.1) is 56.7 Å². The predicted octanol–water partition coefficient (Wildman–Crippen LogP) is 14.3. The van der Waals surface area contributed by atoms with E-state index in [1.54, 1.807) is 0 Å². The molecule has 0 radical (unpaired) electrons. The molecule has 67 heavy (non-hydrogen) atoms. The van der Waals surface area contributed by atoms with Gasteiger partial charge in [0.2, 0.25) is 0 Å². The number of hydrogen-bond donors (Lipinski definition) is 4. The average Bonchev–Trinajstić information content (AvgIpc) is 4.19. The summed E-state index contributed by atoms with van der Waals surface area (Å²) in [7, 11) is 0. The molecule has 2 aromatic carbocycles.